The molecule has 4 atom stereocenters. The summed E-state index contributed by atoms with van der Waals surface area (Å²) in [5, 5.41) is 3.28. The molecule has 9 nitrogen and oxygen atoms in total. The van der Waals surface area contributed by atoms with Crippen LogP contribution >= 0.6 is 24.0 Å². The first kappa shape index (κ1) is 26.7. The minimum absolute atomic E-state index is 0. The highest BCUT2D eigenvalue weighted by Gasteiger charge is 2.66. The van der Waals surface area contributed by atoms with Gasteiger partial charge in [0.05, 0.1) is 23.3 Å². The third-order valence-electron chi connectivity index (χ3n) is 8.40. The van der Waals surface area contributed by atoms with Crippen LogP contribution in [0.25, 0.3) is 0 Å². The summed E-state index contributed by atoms with van der Waals surface area (Å²) in [6.45, 7) is 1.17. The van der Waals surface area contributed by atoms with Crippen LogP contribution < -0.4 is 10.0 Å². The first-order chi connectivity index (χ1) is 17.2. The largest absolute Gasteiger partial charge is 0.445 e. The Morgan fingerprint density at radius 3 is 2.59 bits per heavy atom. The van der Waals surface area contributed by atoms with Crippen molar-refractivity contribution in [3.8, 4) is 0 Å². The molecule has 0 aromatic heterocycles. The standard InChI is InChI=1S/C25H30ClN3O6S.ClH/c26-20-3-1-2-15-12-29(13-18(15)20)24(32)35-16-8-21(27-11-16)22(30)10-25(9-19(25)14-4-5-14)23(31)28-36(33,34)17-6-7-17;/h1-3,14,16-17,19,21,27H,4-13H2,(H,28,31);1H/t16-,19+,21+,25-;/m1./s1. The number of rotatable bonds is 8. The number of ketones is 1. The molecule has 6 rings (SSSR count). The average molecular weight is 573 g/mol. The summed E-state index contributed by atoms with van der Waals surface area (Å²) in [7, 11) is -3.66. The van der Waals surface area contributed by atoms with E-state index < -0.39 is 44.8 Å². The Kier molecular flexibility index (Phi) is 7.00. The van der Waals surface area contributed by atoms with Gasteiger partial charge in [0.1, 0.15) is 6.10 Å². The van der Waals surface area contributed by atoms with Gasteiger partial charge in [-0.1, -0.05) is 23.7 Å². The van der Waals surface area contributed by atoms with E-state index in [0.29, 0.717) is 56.3 Å². The summed E-state index contributed by atoms with van der Waals surface area (Å²) < 4.78 is 32.7. The van der Waals surface area contributed by atoms with Crippen LogP contribution in [0, 0.1) is 17.3 Å². The lowest BCUT2D eigenvalue weighted by molar-refractivity contribution is -0.131. The van der Waals surface area contributed by atoms with E-state index >= 15 is 0 Å². The number of hydrogen-bond acceptors (Lipinski definition) is 7. The zero-order chi connectivity index (χ0) is 25.2. The quantitative estimate of drug-likeness (QED) is 0.491. The lowest BCUT2D eigenvalue weighted by Crippen LogP contribution is -2.42. The van der Waals surface area contributed by atoms with Gasteiger partial charge in [-0.05, 0) is 61.1 Å². The smallest absolute Gasteiger partial charge is 0.410 e. The van der Waals surface area contributed by atoms with Crippen molar-refractivity contribution in [2.24, 2.45) is 17.3 Å². The fraction of sp³-hybridized carbons (Fsp3) is 0.640. The minimum Gasteiger partial charge on any atom is -0.445 e. The molecule has 0 unspecified atom stereocenters. The topological polar surface area (TPSA) is 122 Å². The third-order valence-corrected chi connectivity index (χ3v) is 10.6. The van der Waals surface area contributed by atoms with Crippen molar-refractivity contribution in [2.45, 2.75) is 75.4 Å². The summed E-state index contributed by atoms with van der Waals surface area (Å²) in [5.41, 5.74) is 0.992. The number of amides is 2. The van der Waals surface area contributed by atoms with Crippen molar-refractivity contribution in [3.05, 3.63) is 34.3 Å². The predicted molar refractivity (Wildman–Crippen MR) is 138 cm³/mol. The maximum Gasteiger partial charge on any atom is 0.410 e. The van der Waals surface area contributed by atoms with E-state index in [2.05, 4.69) is 10.0 Å². The number of Topliss-reactive ketones (excluding diaryl/α,β-unsaturated/α-hetero) is 1. The highest BCUT2D eigenvalue weighted by Crippen LogP contribution is 2.65. The summed E-state index contributed by atoms with van der Waals surface area (Å²) in [6.07, 6.45) is 3.19. The number of hydrogen-bond donors (Lipinski definition) is 2. The van der Waals surface area contributed by atoms with Gasteiger partial charge in [-0.2, -0.15) is 0 Å². The van der Waals surface area contributed by atoms with E-state index in [9.17, 15) is 22.8 Å². The summed E-state index contributed by atoms with van der Waals surface area (Å²) in [4.78, 5) is 40.7. The van der Waals surface area contributed by atoms with Gasteiger partial charge in [-0.15, -0.1) is 12.4 Å². The molecule has 2 N–H and O–H groups in total. The Morgan fingerprint density at radius 1 is 1.16 bits per heavy atom. The molecule has 2 heterocycles. The van der Waals surface area contributed by atoms with Crippen molar-refractivity contribution in [2.75, 3.05) is 6.54 Å². The highest BCUT2D eigenvalue weighted by molar-refractivity contribution is 7.90. The van der Waals surface area contributed by atoms with E-state index in [1.165, 1.54) is 0 Å². The molecule has 12 heteroatoms. The van der Waals surface area contributed by atoms with Crippen molar-refractivity contribution in [1.82, 2.24) is 14.9 Å². The van der Waals surface area contributed by atoms with Gasteiger partial charge in [0, 0.05) is 31.0 Å². The molecule has 1 aromatic carbocycles. The second-order valence-corrected chi connectivity index (χ2v) is 13.4. The van der Waals surface area contributed by atoms with Crippen LogP contribution in [0.4, 0.5) is 4.79 Å². The SMILES string of the molecule is Cl.O=C(C[C@]1(C(=O)NS(=O)(=O)C2CC2)C[C@H]1C1CC1)[C@@H]1C[C@@H](OC(=O)N2Cc3cccc(Cl)c3C2)CN1. The molecule has 202 valence electrons. The fourth-order valence-electron chi connectivity index (χ4n) is 5.89. The fourth-order valence-corrected chi connectivity index (χ4v) is 7.53. The molecular weight excluding hydrogens is 541 g/mol. The number of nitrogens with one attached hydrogen (secondary N) is 2. The molecule has 4 fully saturated rings. The second-order valence-electron chi connectivity index (χ2n) is 11.1. The maximum atomic E-state index is 13.2. The number of carbonyl (C=O) groups is 3. The average Bonchev–Trinajstić information content (AvgIpc) is 3.73. The molecule has 1 saturated heterocycles. The van der Waals surface area contributed by atoms with Gasteiger partial charge in [0.25, 0.3) is 0 Å². The third kappa shape index (κ3) is 5.22. The van der Waals surface area contributed by atoms with Crippen LogP contribution in [0.3, 0.4) is 0 Å². The summed E-state index contributed by atoms with van der Waals surface area (Å²) in [5.74, 6) is -0.186. The van der Waals surface area contributed by atoms with Gasteiger partial charge < -0.3 is 10.1 Å². The Hall–Kier alpha value is -1.88. The number of ether oxygens (including phenoxy) is 1. The van der Waals surface area contributed by atoms with Gasteiger partial charge in [-0.25, -0.2) is 13.2 Å². The molecule has 3 aliphatic carbocycles. The van der Waals surface area contributed by atoms with Crippen LogP contribution in [-0.4, -0.2) is 55.0 Å². The number of nitrogens with zero attached hydrogens (tertiary/aromatic N) is 1. The zero-order valence-corrected chi connectivity index (χ0v) is 22.7. The van der Waals surface area contributed by atoms with E-state index in [4.69, 9.17) is 16.3 Å². The van der Waals surface area contributed by atoms with Crippen molar-refractivity contribution < 1.29 is 27.5 Å². The van der Waals surface area contributed by atoms with Crippen molar-refractivity contribution in [1.29, 1.82) is 0 Å². The number of halogens is 2. The maximum absolute atomic E-state index is 13.2. The van der Waals surface area contributed by atoms with Crippen LogP contribution in [0.5, 0.6) is 0 Å². The summed E-state index contributed by atoms with van der Waals surface area (Å²) in [6, 6.07) is 5.07. The molecule has 2 amide bonds. The minimum atomic E-state index is -3.66. The molecule has 0 spiro atoms. The molecule has 0 radical (unpaired) electrons. The molecule has 37 heavy (non-hydrogen) atoms. The first-order valence-corrected chi connectivity index (χ1v) is 14.6. The summed E-state index contributed by atoms with van der Waals surface area (Å²) >= 11 is 6.24. The van der Waals surface area contributed by atoms with Crippen molar-refractivity contribution in [3.63, 3.8) is 0 Å². The Morgan fingerprint density at radius 2 is 1.92 bits per heavy atom. The monoisotopic (exact) mass is 571 g/mol. The molecule has 2 aliphatic heterocycles. The number of fused-ring (bicyclic) bond motifs is 1. The van der Waals surface area contributed by atoms with E-state index in [0.717, 1.165) is 24.0 Å². The molecular formula is C25H31Cl2N3O6S. The van der Waals surface area contributed by atoms with Gasteiger partial charge in [-0.3, -0.25) is 19.2 Å². The lowest BCUT2D eigenvalue weighted by Gasteiger charge is -2.20. The lowest BCUT2D eigenvalue weighted by atomic mass is 9.90. The van der Waals surface area contributed by atoms with Crippen LogP contribution in [0.15, 0.2) is 18.2 Å². The van der Waals surface area contributed by atoms with Gasteiger partial charge in [0.2, 0.25) is 15.9 Å². The Labute approximate surface area is 227 Å². The van der Waals surface area contributed by atoms with Gasteiger partial charge in [0.15, 0.2) is 5.78 Å². The van der Waals surface area contributed by atoms with Crippen LogP contribution in [-0.2, 0) is 37.4 Å². The first-order valence-electron chi connectivity index (χ1n) is 12.7. The van der Waals surface area contributed by atoms with Crippen LogP contribution in [0.1, 0.15) is 56.1 Å². The van der Waals surface area contributed by atoms with E-state index in [1.807, 2.05) is 12.1 Å². The molecule has 3 saturated carbocycles. The number of sulfonamides is 1. The van der Waals surface area contributed by atoms with E-state index in [1.54, 1.807) is 11.0 Å². The Balaban J connectivity index is 0.00000280. The normalized spacial score (nSPS) is 30.3. The number of carbonyl (C=O) groups excluding carboxylic acids is 3. The van der Waals surface area contributed by atoms with Crippen molar-refractivity contribution >= 4 is 51.8 Å². The predicted octanol–water partition coefficient (Wildman–Crippen LogP) is 2.93. The highest BCUT2D eigenvalue weighted by atomic mass is 35.5. The molecule has 1 aromatic rings. The Bertz CT molecular complexity index is 1230. The van der Waals surface area contributed by atoms with Crippen LogP contribution in [0.2, 0.25) is 5.02 Å². The molecule has 0 bridgehead atoms. The molecule has 5 aliphatic rings. The second kappa shape index (κ2) is 9.70. The van der Waals surface area contributed by atoms with Gasteiger partial charge >= 0.3 is 6.09 Å². The zero-order valence-electron chi connectivity index (χ0n) is 20.3. The van der Waals surface area contributed by atoms with E-state index in [-0.39, 0.29) is 30.5 Å². The number of benzene rings is 1.